The summed E-state index contributed by atoms with van der Waals surface area (Å²) in [5.41, 5.74) is 0. The van der Waals surface area contributed by atoms with Crippen LogP contribution in [0.2, 0.25) is 5.02 Å². The molecule has 2 rings (SSSR count). The highest BCUT2D eigenvalue weighted by Crippen LogP contribution is 2.31. The molecule has 1 saturated heterocycles. The summed E-state index contributed by atoms with van der Waals surface area (Å²) in [6, 6.07) is 2.42. The number of halogens is 2. The minimum absolute atomic E-state index is 0.515. The Kier molecular flexibility index (Phi) is 4.65. The van der Waals surface area contributed by atoms with Gasteiger partial charge in [0, 0.05) is 29.8 Å². The molecule has 1 atom stereocenters. The zero-order valence-corrected chi connectivity index (χ0v) is 12.3. The zero-order valence-electron chi connectivity index (χ0n) is 9.92. The molecule has 1 aromatic heterocycles. The fourth-order valence-corrected chi connectivity index (χ4v) is 2.99. The van der Waals surface area contributed by atoms with Gasteiger partial charge in [-0.15, -0.1) is 0 Å². The standard InChI is InChI=1S/C12H17BrClN3/c1-2-15-8-10-4-3-5-17(10)12-11(14)6-9(13)7-16-12/h6-7,10,15H,2-5,8H2,1H3. The van der Waals surface area contributed by atoms with Crippen molar-refractivity contribution in [2.45, 2.75) is 25.8 Å². The van der Waals surface area contributed by atoms with Crippen LogP contribution in [-0.2, 0) is 0 Å². The summed E-state index contributed by atoms with van der Waals surface area (Å²) in [5.74, 6) is 0.912. The summed E-state index contributed by atoms with van der Waals surface area (Å²) in [5, 5.41) is 4.12. The van der Waals surface area contributed by atoms with Gasteiger partial charge in [-0.25, -0.2) is 4.98 Å². The molecular weight excluding hydrogens is 302 g/mol. The van der Waals surface area contributed by atoms with Gasteiger partial charge in [-0.1, -0.05) is 18.5 Å². The van der Waals surface area contributed by atoms with E-state index >= 15 is 0 Å². The summed E-state index contributed by atoms with van der Waals surface area (Å²) in [4.78, 5) is 6.75. The summed E-state index contributed by atoms with van der Waals surface area (Å²) < 4.78 is 0.925. The molecule has 1 N–H and O–H groups in total. The van der Waals surface area contributed by atoms with E-state index < -0.39 is 0 Å². The van der Waals surface area contributed by atoms with Gasteiger partial charge in [-0.3, -0.25) is 0 Å². The molecular formula is C12H17BrClN3. The van der Waals surface area contributed by atoms with Crippen molar-refractivity contribution in [3.8, 4) is 0 Å². The molecule has 0 amide bonds. The zero-order chi connectivity index (χ0) is 12.3. The van der Waals surface area contributed by atoms with E-state index in [9.17, 15) is 0 Å². The van der Waals surface area contributed by atoms with Crippen LogP contribution in [0.5, 0.6) is 0 Å². The van der Waals surface area contributed by atoms with Crippen LogP contribution in [0.4, 0.5) is 5.82 Å². The fraction of sp³-hybridized carbons (Fsp3) is 0.583. The van der Waals surface area contributed by atoms with Crippen molar-refractivity contribution in [2.75, 3.05) is 24.5 Å². The molecule has 1 fully saturated rings. The molecule has 0 radical (unpaired) electrons. The maximum absolute atomic E-state index is 6.25. The summed E-state index contributed by atoms with van der Waals surface area (Å²) >= 11 is 9.64. The molecule has 0 spiro atoms. The molecule has 1 aromatic rings. The lowest BCUT2D eigenvalue weighted by Crippen LogP contribution is -2.38. The monoisotopic (exact) mass is 317 g/mol. The van der Waals surface area contributed by atoms with Crippen LogP contribution in [0.15, 0.2) is 16.7 Å². The number of nitrogens with zero attached hydrogens (tertiary/aromatic N) is 2. The lowest BCUT2D eigenvalue weighted by Gasteiger charge is -2.26. The van der Waals surface area contributed by atoms with Crippen molar-refractivity contribution in [2.24, 2.45) is 0 Å². The summed E-state index contributed by atoms with van der Waals surface area (Å²) in [6.45, 7) is 5.19. The Balaban J connectivity index is 2.14. The molecule has 1 unspecified atom stereocenters. The van der Waals surface area contributed by atoms with Gasteiger partial charge in [0.05, 0.1) is 5.02 Å². The SMILES string of the molecule is CCNCC1CCCN1c1ncc(Br)cc1Cl. The van der Waals surface area contributed by atoms with Crippen LogP contribution in [0.1, 0.15) is 19.8 Å². The molecule has 5 heteroatoms. The summed E-state index contributed by atoms with van der Waals surface area (Å²) in [6.07, 6.45) is 4.23. The van der Waals surface area contributed by atoms with E-state index in [0.29, 0.717) is 6.04 Å². The Hall–Kier alpha value is -0.320. The maximum Gasteiger partial charge on any atom is 0.147 e. The van der Waals surface area contributed by atoms with Crippen molar-refractivity contribution in [3.05, 3.63) is 21.8 Å². The van der Waals surface area contributed by atoms with Crippen LogP contribution in [0.25, 0.3) is 0 Å². The van der Waals surface area contributed by atoms with E-state index in [1.165, 1.54) is 12.8 Å². The van der Waals surface area contributed by atoms with Gasteiger partial charge < -0.3 is 10.2 Å². The smallest absolute Gasteiger partial charge is 0.147 e. The predicted molar refractivity (Wildman–Crippen MR) is 75.9 cm³/mol. The van der Waals surface area contributed by atoms with E-state index in [2.05, 4.69) is 38.1 Å². The molecule has 17 heavy (non-hydrogen) atoms. The van der Waals surface area contributed by atoms with Crippen LogP contribution >= 0.6 is 27.5 Å². The van der Waals surface area contributed by atoms with Crippen molar-refractivity contribution >= 4 is 33.3 Å². The number of anilines is 1. The molecule has 1 aliphatic heterocycles. The number of hydrogen-bond acceptors (Lipinski definition) is 3. The molecule has 3 nitrogen and oxygen atoms in total. The second-order valence-electron chi connectivity index (χ2n) is 4.26. The molecule has 2 heterocycles. The Morgan fingerprint density at radius 1 is 1.65 bits per heavy atom. The van der Waals surface area contributed by atoms with Crippen molar-refractivity contribution < 1.29 is 0 Å². The minimum atomic E-state index is 0.515. The topological polar surface area (TPSA) is 28.2 Å². The number of likely N-dealkylation sites (N-methyl/N-ethyl adjacent to an activating group) is 1. The van der Waals surface area contributed by atoms with Crippen molar-refractivity contribution in [1.82, 2.24) is 10.3 Å². The maximum atomic E-state index is 6.25. The number of pyridine rings is 1. The lowest BCUT2D eigenvalue weighted by atomic mass is 10.2. The number of aromatic nitrogens is 1. The Morgan fingerprint density at radius 3 is 3.18 bits per heavy atom. The first-order valence-electron chi connectivity index (χ1n) is 6.00. The largest absolute Gasteiger partial charge is 0.351 e. The molecule has 94 valence electrons. The number of rotatable bonds is 4. The van der Waals surface area contributed by atoms with E-state index in [1.54, 1.807) is 0 Å². The Bertz CT molecular complexity index is 386. The van der Waals surface area contributed by atoms with Gasteiger partial charge in [-0.2, -0.15) is 0 Å². The van der Waals surface area contributed by atoms with Crippen LogP contribution < -0.4 is 10.2 Å². The fourth-order valence-electron chi connectivity index (χ4n) is 2.26. The minimum Gasteiger partial charge on any atom is -0.351 e. The normalized spacial score (nSPS) is 19.9. The lowest BCUT2D eigenvalue weighted by molar-refractivity contribution is 0.585. The first kappa shape index (κ1) is 13.1. The third-order valence-electron chi connectivity index (χ3n) is 3.07. The molecule has 0 saturated carbocycles. The third-order valence-corrected chi connectivity index (χ3v) is 3.78. The number of hydrogen-bond donors (Lipinski definition) is 1. The third kappa shape index (κ3) is 3.12. The predicted octanol–water partition coefficient (Wildman–Crippen LogP) is 3.08. The van der Waals surface area contributed by atoms with Crippen molar-refractivity contribution in [3.63, 3.8) is 0 Å². The van der Waals surface area contributed by atoms with E-state index in [0.717, 1.165) is 34.9 Å². The van der Waals surface area contributed by atoms with Gasteiger partial charge in [0.1, 0.15) is 5.82 Å². The van der Waals surface area contributed by atoms with E-state index in [-0.39, 0.29) is 0 Å². The van der Waals surface area contributed by atoms with Crippen LogP contribution in [0, 0.1) is 0 Å². The second-order valence-corrected chi connectivity index (χ2v) is 5.58. The van der Waals surface area contributed by atoms with Crippen molar-refractivity contribution in [1.29, 1.82) is 0 Å². The number of nitrogens with one attached hydrogen (secondary N) is 1. The molecule has 1 aliphatic rings. The average molecular weight is 319 g/mol. The van der Waals surface area contributed by atoms with Gasteiger partial charge in [0.15, 0.2) is 0 Å². The van der Waals surface area contributed by atoms with E-state index in [4.69, 9.17) is 11.6 Å². The molecule has 0 aromatic carbocycles. The van der Waals surface area contributed by atoms with Gasteiger partial charge in [0.25, 0.3) is 0 Å². The highest BCUT2D eigenvalue weighted by atomic mass is 79.9. The van der Waals surface area contributed by atoms with Crippen LogP contribution in [0.3, 0.4) is 0 Å². The van der Waals surface area contributed by atoms with Gasteiger partial charge in [0.2, 0.25) is 0 Å². The van der Waals surface area contributed by atoms with E-state index in [1.807, 2.05) is 12.3 Å². The quantitative estimate of drug-likeness (QED) is 0.925. The highest BCUT2D eigenvalue weighted by molar-refractivity contribution is 9.10. The van der Waals surface area contributed by atoms with Crippen LogP contribution in [-0.4, -0.2) is 30.7 Å². The molecule has 0 aliphatic carbocycles. The average Bonchev–Trinajstić information content (AvgIpc) is 2.74. The summed E-state index contributed by atoms with van der Waals surface area (Å²) in [7, 11) is 0. The first-order valence-corrected chi connectivity index (χ1v) is 7.18. The molecule has 0 bridgehead atoms. The highest BCUT2D eigenvalue weighted by Gasteiger charge is 2.26. The van der Waals surface area contributed by atoms with Gasteiger partial charge in [-0.05, 0) is 41.4 Å². The van der Waals surface area contributed by atoms with Gasteiger partial charge >= 0.3 is 0 Å². The Morgan fingerprint density at radius 2 is 2.47 bits per heavy atom. The second kappa shape index (κ2) is 6.03. The first-order chi connectivity index (χ1) is 8.22. The Labute approximate surface area is 116 Å².